The minimum Gasteiger partial charge on any atom is -0.394 e. The number of amides is 1. The molecule has 0 aromatic rings. The van der Waals surface area contributed by atoms with E-state index in [1.54, 1.807) is 0 Å². The number of hydrogen-bond acceptors (Lipinski definition) is 4. The van der Waals surface area contributed by atoms with Crippen LogP contribution in [0.1, 0.15) is 264 Å². The van der Waals surface area contributed by atoms with Gasteiger partial charge in [-0.05, 0) is 38.5 Å². The molecule has 316 valence electrons. The van der Waals surface area contributed by atoms with E-state index >= 15 is 0 Å². The Labute approximate surface area is 331 Å². The maximum Gasteiger partial charge on any atom is 0.220 e. The van der Waals surface area contributed by atoms with Gasteiger partial charge in [0.2, 0.25) is 5.91 Å². The molecule has 0 heterocycles. The fourth-order valence-corrected chi connectivity index (χ4v) is 7.63. The summed E-state index contributed by atoms with van der Waals surface area (Å²) < 4.78 is 0. The van der Waals surface area contributed by atoms with Gasteiger partial charge in [-0.25, -0.2) is 0 Å². The summed E-state index contributed by atoms with van der Waals surface area (Å²) >= 11 is 0. The number of nitrogens with one attached hydrogen (secondary N) is 1. The molecule has 3 unspecified atom stereocenters. The second-order valence-electron chi connectivity index (χ2n) is 16.7. The molecule has 0 aromatic carbocycles. The Bertz CT molecular complexity index is 743. The second kappa shape index (κ2) is 43.8. The molecule has 0 bridgehead atoms. The zero-order valence-corrected chi connectivity index (χ0v) is 35.9. The first-order valence-electron chi connectivity index (χ1n) is 24.0. The Hall–Kier alpha value is -0.910. The number of allylic oxidation sites excluding steroid dienone is 2. The average Bonchev–Trinajstić information content (AvgIpc) is 3.16. The van der Waals surface area contributed by atoms with E-state index in [-0.39, 0.29) is 12.5 Å². The van der Waals surface area contributed by atoms with Gasteiger partial charge in [0.1, 0.15) is 6.10 Å². The normalized spacial score (nSPS) is 13.5. The van der Waals surface area contributed by atoms with Crippen molar-refractivity contribution in [1.82, 2.24) is 5.32 Å². The van der Waals surface area contributed by atoms with Crippen LogP contribution in [-0.4, -0.2) is 46.1 Å². The van der Waals surface area contributed by atoms with Gasteiger partial charge in [-0.15, -0.1) is 0 Å². The first-order chi connectivity index (χ1) is 26.1. The highest BCUT2D eigenvalue weighted by Crippen LogP contribution is 2.17. The number of carbonyl (C=O) groups is 1. The molecule has 0 aliphatic carbocycles. The zero-order chi connectivity index (χ0) is 38.7. The first kappa shape index (κ1) is 52.1. The summed E-state index contributed by atoms with van der Waals surface area (Å²) in [5, 5.41) is 33.4. The molecule has 0 rings (SSSR count). The highest BCUT2D eigenvalue weighted by molar-refractivity contribution is 5.76. The molecule has 3 atom stereocenters. The largest absolute Gasteiger partial charge is 0.394 e. The maximum atomic E-state index is 12.4. The molecule has 0 fully saturated rings. The third kappa shape index (κ3) is 39.1. The van der Waals surface area contributed by atoms with Gasteiger partial charge < -0.3 is 20.6 Å². The number of aliphatic hydroxyl groups is 3. The third-order valence-corrected chi connectivity index (χ3v) is 11.4. The van der Waals surface area contributed by atoms with E-state index in [0.29, 0.717) is 12.8 Å². The van der Waals surface area contributed by atoms with Gasteiger partial charge in [-0.2, -0.15) is 0 Å². The molecular formula is C48H95NO4. The zero-order valence-electron chi connectivity index (χ0n) is 35.9. The summed E-state index contributed by atoms with van der Waals surface area (Å²) in [5.74, 6) is -0.150. The molecule has 0 aliphatic heterocycles. The summed E-state index contributed by atoms with van der Waals surface area (Å²) in [6.45, 7) is 4.16. The number of hydrogen-bond donors (Lipinski definition) is 4. The van der Waals surface area contributed by atoms with Crippen LogP contribution in [-0.2, 0) is 4.79 Å². The summed E-state index contributed by atoms with van der Waals surface area (Å²) in [6, 6.07) is -0.820. The van der Waals surface area contributed by atoms with E-state index in [1.807, 2.05) is 0 Å². The lowest BCUT2D eigenvalue weighted by Gasteiger charge is -2.26. The lowest BCUT2D eigenvalue weighted by molar-refractivity contribution is -0.124. The molecular weight excluding hydrogens is 655 g/mol. The van der Waals surface area contributed by atoms with Crippen LogP contribution >= 0.6 is 0 Å². The summed E-state index contributed by atoms with van der Waals surface area (Å²) in [7, 11) is 0. The Balaban J connectivity index is 3.49. The minimum absolute atomic E-state index is 0.150. The SMILES string of the molecule is CCCCCCCC/C=C/CCCC(O)C(O)C(CO)NC(=O)CCCCCCCCCCCCCCCCCCCCCCCCCCCCCC. The lowest BCUT2D eigenvalue weighted by Crippen LogP contribution is -2.50. The van der Waals surface area contributed by atoms with Crippen molar-refractivity contribution in [1.29, 1.82) is 0 Å². The van der Waals surface area contributed by atoms with Crippen LogP contribution in [0.3, 0.4) is 0 Å². The van der Waals surface area contributed by atoms with Gasteiger partial charge in [0.15, 0.2) is 0 Å². The van der Waals surface area contributed by atoms with Crippen LogP contribution < -0.4 is 5.32 Å². The Morgan fingerprint density at radius 3 is 1.09 bits per heavy atom. The molecule has 0 radical (unpaired) electrons. The molecule has 5 nitrogen and oxygen atoms in total. The van der Waals surface area contributed by atoms with Crippen molar-refractivity contribution in [3.8, 4) is 0 Å². The van der Waals surface area contributed by atoms with Crippen molar-refractivity contribution in [3.05, 3.63) is 12.2 Å². The highest BCUT2D eigenvalue weighted by Gasteiger charge is 2.26. The molecule has 0 aromatic heterocycles. The van der Waals surface area contributed by atoms with Gasteiger partial charge in [-0.3, -0.25) is 4.79 Å². The van der Waals surface area contributed by atoms with E-state index in [0.717, 1.165) is 38.5 Å². The van der Waals surface area contributed by atoms with Crippen LogP contribution in [0, 0.1) is 0 Å². The van der Waals surface area contributed by atoms with E-state index < -0.39 is 18.2 Å². The van der Waals surface area contributed by atoms with Crippen molar-refractivity contribution in [2.24, 2.45) is 0 Å². The molecule has 0 saturated carbocycles. The molecule has 5 heteroatoms. The summed E-state index contributed by atoms with van der Waals surface area (Å²) in [5.41, 5.74) is 0. The monoisotopic (exact) mass is 750 g/mol. The lowest BCUT2D eigenvalue weighted by atomic mass is 10.0. The Kier molecular flexibility index (Phi) is 43.1. The smallest absolute Gasteiger partial charge is 0.220 e. The first-order valence-corrected chi connectivity index (χ1v) is 24.0. The summed E-state index contributed by atoms with van der Waals surface area (Å²) in [6.07, 6.45) is 52.1. The van der Waals surface area contributed by atoms with Crippen molar-refractivity contribution < 1.29 is 20.1 Å². The van der Waals surface area contributed by atoms with Crippen molar-refractivity contribution in [2.45, 2.75) is 283 Å². The second-order valence-corrected chi connectivity index (χ2v) is 16.7. The van der Waals surface area contributed by atoms with Crippen LogP contribution in [0.25, 0.3) is 0 Å². The quantitative estimate of drug-likeness (QED) is 0.0369. The number of rotatable bonds is 44. The van der Waals surface area contributed by atoms with Crippen molar-refractivity contribution in [3.63, 3.8) is 0 Å². The standard InChI is InChI=1S/C48H95NO4/c1-3-5-7-9-11-13-15-16-17-18-19-20-21-22-23-24-25-26-27-28-29-30-31-33-35-37-39-41-43-47(52)49-45(44-50)48(53)46(51)42-40-38-36-34-32-14-12-10-8-6-4-2/h34,36,45-46,48,50-51,53H,3-33,35,37-44H2,1-2H3,(H,49,52)/b36-34+. The highest BCUT2D eigenvalue weighted by atomic mass is 16.3. The molecule has 0 saturated heterocycles. The predicted octanol–water partition coefficient (Wildman–Crippen LogP) is 14.0. The Morgan fingerprint density at radius 2 is 0.755 bits per heavy atom. The van der Waals surface area contributed by atoms with E-state index in [1.165, 1.54) is 199 Å². The third-order valence-electron chi connectivity index (χ3n) is 11.4. The minimum atomic E-state index is -1.15. The number of unbranched alkanes of at least 4 members (excludes halogenated alkanes) is 34. The number of carbonyl (C=O) groups excluding carboxylic acids is 1. The van der Waals surface area contributed by atoms with Crippen LogP contribution in [0.5, 0.6) is 0 Å². The summed E-state index contributed by atoms with van der Waals surface area (Å²) in [4.78, 5) is 12.4. The van der Waals surface area contributed by atoms with Gasteiger partial charge in [0, 0.05) is 6.42 Å². The van der Waals surface area contributed by atoms with E-state index in [9.17, 15) is 20.1 Å². The van der Waals surface area contributed by atoms with Crippen molar-refractivity contribution in [2.75, 3.05) is 6.61 Å². The molecule has 53 heavy (non-hydrogen) atoms. The molecule has 1 amide bonds. The molecule has 0 aliphatic rings. The van der Waals surface area contributed by atoms with Crippen molar-refractivity contribution >= 4 is 5.91 Å². The van der Waals surface area contributed by atoms with Gasteiger partial charge in [0.25, 0.3) is 0 Å². The van der Waals surface area contributed by atoms with Gasteiger partial charge in [-0.1, -0.05) is 231 Å². The fraction of sp³-hybridized carbons (Fsp3) is 0.938. The van der Waals surface area contributed by atoms with Gasteiger partial charge >= 0.3 is 0 Å². The molecule has 0 spiro atoms. The van der Waals surface area contributed by atoms with E-state index in [2.05, 4.69) is 31.3 Å². The van der Waals surface area contributed by atoms with E-state index in [4.69, 9.17) is 0 Å². The van der Waals surface area contributed by atoms with Crippen LogP contribution in [0.15, 0.2) is 12.2 Å². The predicted molar refractivity (Wildman–Crippen MR) is 232 cm³/mol. The fourth-order valence-electron chi connectivity index (χ4n) is 7.63. The van der Waals surface area contributed by atoms with Crippen LogP contribution in [0.4, 0.5) is 0 Å². The van der Waals surface area contributed by atoms with Gasteiger partial charge in [0.05, 0.1) is 18.8 Å². The van der Waals surface area contributed by atoms with Crippen LogP contribution in [0.2, 0.25) is 0 Å². The molecule has 4 N–H and O–H groups in total. The average molecular weight is 750 g/mol. The Morgan fingerprint density at radius 1 is 0.453 bits per heavy atom. The number of aliphatic hydroxyl groups excluding tert-OH is 3. The maximum absolute atomic E-state index is 12.4. The topological polar surface area (TPSA) is 89.8 Å².